The summed E-state index contributed by atoms with van der Waals surface area (Å²) in [5, 5.41) is 0.636. The highest BCUT2D eigenvalue weighted by atomic mass is 35.5. The molecular weight excluding hydrogens is 408 g/mol. The minimum absolute atomic E-state index is 0.306. The summed E-state index contributed by atoms with van der Waals surface area (Å²) < 4.78 is 21.7. The summed E-state index contributed by atoms with van der Waals surface area (Å²) in [6.45, 7) is 1.97. The molecule has 1 aliphatic heterocycles. The first-order chi connectivity index (χ1) is 14.5. The molecule has 0 amide bonds. The number of aryl methyl sites for hydroxylation is 1. The van der Waals surface area contributed by atoms with Crippen LogP contribution < -0.4 is 15.1 Å². The molecule has 7 heteroatoms. The Morgan fingerprint density at radius 3 is 2.57 bits per heavy atom. The smallest absolute Gasteiger partial charge is 0.348 e. The number of hydrogen-bond acceptors (Lipinski definition) is 6. The molecule has 1 aliphatic rings. The third kappa shape index (κ3) is 3.78. The van der Waals surface area contributed by atoms with Gasteiger partial charge in [0.2, 0.25) is 6.10 Å². The maximum absolute atomic E-state index is 12.5. The summed E-state index contributed by atoms with van der Waals surface area (Å²) in [7, 11) is 1.28. The Bertz CT molecular complexity index is 1140. The summed E-state index contributed by atoms with van der Waals surface area (Å²) in [6.07, 6.45) is -0.968. The van der Waals surface area contributed by atoms with Gasteiger partial charge in [-0.2, -0.15) is 0 Å². The summed E-state index contributed by atoms with van der Waals surface area (Å²) in [4.78, 5) is 24.8. The van der Waals surface area contributed by atoms with Gasteiger partial charge >= 0.3 is 11.6 Å². The number of rotatable bonds is 5. The number of carbonyl (C=O) groups excluding carboxylic acids is 1. The quantitative estimate of drug-likeness (QED) is 0.568. The van der Waals surface area contributed by atoms with Gasteiger partial charge in [-0.15, -0.1) is 0 Å². The molecule has 0 aliphatic carbocycles. The molecule has 3 aromatic rings. The molecular formula is C23H19ClO6. The van der Waals surface area contributed by atoms with Crippen LogP contribution in [0.25, 0.3) is 0 Å². The highest BCUT2D eigenvalue weighted by Gasteiger charge is 2.44. The van der Waals surface area contributed by atoms with Crippen molar-refractivity contribution < 1.29 is 23.4 Å². The van der Waals surface area contributed by atoms with Crippen molar-refractivity contribution in [1.29, 1.82) is 0 Å². The van der Waals surface area contributed by atoms with Gasteiger partial charge in [0.1, 0.15) is 23.9 Å². The van der Waals surface area contributed by atoms with Crippen molar-refractivity contribution >= 4 is 17.6 Å². The largest absolute Gasteiger partial charge is 0.489 e. The summed E-state index contributed by atoms with van der Waals surface area (Å²) in [5.74, 6) is 0.173. The third-order valence-corrected chi connectivity index (χ3v) is 5.33. The van der Waals surface area contributed by atoms with Gasteiger partial charge in [0, 0.05) is 16.7 Å². The van der Waals surface area contributed by atoms with Crippen LogP contribution in [0.5, 0.6) is 11.5 Å². The van der Waals surface area contributed by atoms with E-state index in [1.54, 1.807) is 43.3 Å². The van der Waals surface area contributed by atoms with E-state index >= 15 is 0 Å². The number of fused-ring (bicyclic) bond motifs is 1. The molecule has 2 atom stereocenters. The number of esters is 1. The van der Waals surface area contributed by atoms with Gasteiger partial charge in [0.25, 0.3) is 0 Å². The van der Waals surface area contributed by atoms with Crippen molar-refractivity contribution in [3.8, 4) is 11.5 Å². The lowest BCUT2D eigenvalue weighted by Crippen LogP contribution is -2.31. The van der Waals surface area contributed by atoms with E-state index in [1.165, 1.54) is 7.11 Å². The van der Waals surface area contributed by atoms with Crippen molar-refractivity contribution in [2.75, 3.05) is 7.11 Å². The molecule has 2 aromatic carbocycles. The first-order valence-corrected chi connectivity index (χ1v) is 9.71. The fourth-order valence-corrected chi connectivity index (χ4v) is 3.71. The van der Waals surface area contributed by atoms with Crippen molar-refractivity contribution in [2.45, 2.75) is 25.6 Å². The summed E-state index contributed by atoms with van der Waals surface area (Å²) >= 11 is 6.16. The van der Waals surface area contributed by atoms with E-state index in [-0.39, 0.29) is 0 Å². The minimum Gasteiger partial charge on any atom is -0.489 e. The van der Waals surface area contributed by atoms with Gasteiger partial charge in [-0.05, 0) is 30.7 Å². The van der Waals surface area contributed by atoms with Gasteiger partial charge < -0.3 is 18.6 Å². The molecule has 1 aromatic heterocycles. The lowest BCUT2D eigenvalue weighted by Gasteiger charge is -2.17. The fourth-order valence-electron chi connectivity index (χ4n) is 3.52. The number of carbonyl (C=O) groups is 1. The number of benzene rings is 2. The van der Waals surface area contributed by atoms with Gasteiger partial charge in [-0.3, -0.25) is 0 Å². The van der Waals surface area contributed by atoms with Crippen LogP contribution in [0.15, 0.2) is 63.8 Å². The Balaban J connectivity index is 1.61. The Morgan fingerprint density at radius 2 is 1.87 bits per heavy atom. The standard InChI is InChI=1S/C23H19ClO6/c1-13-11-18-20(22(25)29-13)19(21(30-18)23(26)27-2)14-7-9-16(10-8-14)28-12-15-5-3-4-6-17(15)24/h3-11,19,21H,12H2,1-2H3/t19-,21-/m0/s1. The summed E-state index contributed by atoms with van der Waals surface area (Å²) in [6, 6.07) is 16.2. The molecule has 6 nitrogen and oxygen atoms in total. The highest BCUT2D eigenvalue weighted by Crippen LogP contribution is 2.41. The van der Waals surface area contributed by atoms with E-state index < -0.39 is 23.6 Å². The average Bonchev–Trinajstić information content (AvgIpc) is 3.12. The predicted octanol–water partition coefficient (Wildman–Crippen LogP) is 4.25. The van der Waals surface area contributed by atoms with E-state index in [0.29, 0.717) is 40.0 Å². The molecule has 0 N–H and O–H groups in total. The van der Waals surface area contributed by atoms with Crippen LogP contribution in [-0.2, 0) is 16.1 Å². The Labute approximate surface area is 178 Å². The Morgan fingerprint density at radius 1 is 1.13 bits per heavy atom. The van der Waals surface area contributed by atoms with E-state index in [1.807, 2.05) is 18.2 Å². The summed E-state index contributed by atoms with van der Waals surface area (Å²) in [5.41, 5.74) is 1.37. The van der Waals surface area contributed by atoms with Crippen LogP contribution >= 0.6 is 11.6 Å². The SMILES string of the molecule is COC(=O)[C@H]1Oc2cc(C)oc(=O)c2[C@@H]1c1ccc(OCc2ccccc2Cl)cc1. The Kier molecular flexibility index (Phi) is 5.50. The fraction of sp³-hybridized carbons (Fsp3) is 0.217. The molecule has 0 radical (unpaired) electrons. The van der Waals surface area contributed by atoms with Crippen LogP contribution in [0.3, 0.4) is 0 Å². The molecule has 0 saturated heterocycles. The van der Waals surface area contributed by atoms with Crippen LogP contribution in [-0.4, -0.2) is 19.2 Å². The van der Waals surface area contributed by atoms with Crippen molar-refractivity contribution in [3.63, 3.8) is 0 Å². The lowest BCUT2D eigenvalue weighted by atomic mass is 9.89. The Hall–Kier alpha value is -3.25. The zero-order valence-electron chi connectivity index (χ0n) is 16.4. The molecule has 154 valence electrons. The second-order valence-electron chi connectivity index (χ2n) is 6.91. The average molecular weight is 427 g/mol. The minimum atomic E-state index is -0.968. The number of ether oxygens (including phenoxy) is 3. The van der Waals surface area contributed by atoms with Gasteiger partial charge in [0.15, 0.2) is 0 Å². The van der Waals surface area contributed by atoms with Crippen LogP contribution in [0.1, 0.15) is 28.4 Å². The predicted molar refractivity (Wildman–Crippen MR) is 110 cm³/mol. The maximum atomic E-state index is 12.5. The third-order valence-electron chi connectivity index (χ3n) is 4.97. The van der Waals surface area contributed by atoms with Gasteiger partial charge in [-0.1, -0.05) is 41.9 Å². The molecule has 0 unspecified atom stereocenters. The molecule has 0 spiro atoms. The topological polar surface area (TPSA) is 75.0 Å². The van der Waals surface area contributed by atoms with Crippen LogP contribution in [0, 0.1) is 6.92 Å². The van der Waals surface area contributed by atoms with Gasteiger partial charge in [0.05, 0.1) is 18.6 Å². The maximum Gasteiger partial charge on any atom is 0.348 e. The zero-order chi connectivity index (χ0) is 21.3. The van der Waals surface area contributed by atoms with E-state index in [0.717, 1.165) is 5.56 Å². The van der Waals surface area contributed by atoms with E-state index in [2.05, 4.69) is 0 Å². The lowest BCUT2D eigenvalue weighted by molar-refractivity contribution is -0.148. The van der Waals surface area contributed by atoms with Crippen LogP contribution in [0.4, 0.5) is 0 Å². The second kappa shape index (κ2) is 8.24. The molecule has 30 heavy (non-hydrogen) atoms. The van der Waals surface area contributed by atoms with Crippen molar-refractivity contribution in [2.24, 2.45) is 0 Å². The second-order valence-corrected chi connectivity index (χ2v) is 7.32. The monoisotopic (exact) mass is 426 g/mol. The first-order valence-electron chi connectivity index (χ1n) is 9.33. The van der Waals surface area contributed by atoms with Crippen LogP contribution in [0.2, 0.25) is 5.02 Å². The molecule has 0 fully saturated rings. The number of hydrogen-bond donors (Lipinski definition) is 0. The highest BCUT2D eigenvalue weighted by molar-refractivity contribution is 6.31. The molecule has 2 heterocycles. The van der Waals surface area contributed by atoms with Crippen molar-refractivity contribution in [1.82, 2.24) is 0 Å². The van der Waals surface area contributed by atoms with Crippen molar-refractivity contribution in [3.05, 3.63) is 92.5 Å². The molecule has 0 saturated carbocycles. The number of methoxy groups -OCH3 is 1. The van der Waals surface area contributed by atoms with Gasteiger partial charge in [-0.25, -0.2) is 9.59 Å². The molecule has 4 rings (SSSR count). The first kappa shape index (κ1) is 20.0. The normalized spacial score (nSPS) is 17.2. The van der Waals surface area contributed by atoms with E-state index in [4.69, 9.17) is 30.2 Å². The number of halogens is 1. The zero-order valence-corrected chi connectivity index (χ0v) is 17.1. The molecule has 0 bridgehead atoms. The van der Waals surface area contributed by atoms with E-state index in [9.17, 15) is 9.59 Å².